The average Bonchev–Trinajstić information content (AvgIpc) is 3.03. The molecule has 0 spiro atoms. The van der Waals surface area contributed by atoms with Gasteiger partial charge in [-0.1, -0.05) is 66.7 Å². The van der Waals surface area contributed by atoms with Gasteiger partial charge in [0, 0.05) is 16.6 Å². The Morgan fingerprint density at radius 1 is 0.560 bits per heavy atom. The van der Waals surface area contributed by atoms with Crippen molar-refractivity contribution >= 4 is 21.9 Å². The predicted octanol–water partition coefficient (Wildman–Crippen LogP) is 5.85. The Hall–Kier alpha value is -3.39. The molecule has 0 amide bonds. The Labute approximate surface area is 146 Å². The normalized spacial score (nSPS) is 11.2. The molecular formula is C23H16N2. The summed E-state index contributed by atoms with van der Waals surface area (Å²) in [7, 11) is 0. The van der Waals surface area contributed by atoms with Gasteiger partial charge in [-0.3, -0.25) is 0 Å². The van der Waals surface area contributed by atoms with Crippen molar-refractivity contribution in [2.75, 3.05) is 0 Å². The summed E-state index contributed by atoms with van der Waals surface area (Å²) in [6.07, 6.45) is 0. The highest BCUT2D eigenvalue weighted by Gasteiger charge is 2.13. The first-order valence-electron chi connectivity index (χ1n) is 8.43. The predicted molar refractivity (Wildman–Crippen MR) is 104 cm³/mol. The van der Waals surface area contributed by atoms with Gasteiger partial charge in [0.2, 0.25) is 0 Å². The molecule has 118 valence electrons. The summed E-state index contributed by atoms with van der Waals surface area (Å²) in [6.45, 7) is 0. The number of pyridine rings is 1. The zero-order valence-electron chi connectivity index (χ0n) is 13.6. The third-order valence-corrected chi connectivity index (χ3v) is 4.60. The number of para-hydroxylation sites is 2. The largest absolute Gasteiger partial charge is 0.308 e. The first-order valence-corrected chi connectivity index (χ1v) is 8.43. The molecule has 5 aromatic rings. The second-order valence-corrected chi connectivity index (χ2v) is 6.12. The standard InChI is InChI=1S/C23H16N2/c1-3-9-17(10-4-1)20-15-16-22-23(24-20)19-13-7-8-14-21(19)25(22)18-11-5-2-6-12-18/h1-16H. The molecule has 2 aromatic heterocycles. The molecule has 25 heavy (non-hydrogen) atoms. The van der Waals surface area contributed by atoms with E-state index in [-0.39, 0.29) is 0 Å². The van der Waals surface area contributed by atoms with E-state index in [0.717, 1.165) is 28.0 Å². The number of fused-ring (bicyclic) bond motifs is 3. The molecule has 0 bridgehead atoms. The summed E-state index contributed by atoms with van der Waals surface area (Å²) in [6, 6.07) is 33.5. The number of aromatic nitrogens is 2. The van der Waals surface area contributed by atoms with Gasteiger partial charge in [0.25, 0.3) is 0 Å². The molecule has 0 aliphatic carbocycles. The molecule has 0 unspecified atom stereocenters. The molecule has 0 radical (unpaired) electrons. The Balaban J connectivity index is 1.86. The van der Waals surface area contributed by atoms with Crippen LogP contribution in [0.25, 0.3) is 38.9 Å². The third-order valence-electron chi connectivity index (χ3n) is 4.60. The van der Waals surface area contributed by atoms with Crippen molar-refractivity contribution in [3.05, 3.63) is 97.1 Å². The van der Waals surface area contributed by atoms with Crippen LogP contribution >= 0.6 is 0 Å². The maximum Gasteiger partial charge on any atom is 0.0970 e. The Kier molecular flexibility index (Phi) is 3.14. The van der Waals surface area contributed by atoms with Crippen LogP contribution in [0.2, 0.25) is 0 Å². The van der Waals surface area contributed by atoms with Crippen molar-refractivity contribution in [2.24, 2.45) is 0 Å². The summed E-state index contributed by atoms with van der Waals surface area (Å²) < 4.78 is 2.28. The maximum atomic E-state index is 5.00. The summed E-state index contributed by atoms with van der Waals surface area (Å²) in [5.41, 5.74) is 6.65. The van der Waals surface area contributed by atoms with Crippen molar-refractivity contribution < 1.29 is 0 Å². The number of benzene rings is 3. The van der Waals surface area contributed by atoms with Crippen molar-refractivity contribution in [2.45, 2.75) is 0 Å². The fourth-order valence-corrected chi connectivity index (χ4v) is 3.45. The molecule has 5 rings (SSSR count). The van der Waals surface area contributed by atoms with Crippen LogP contribution in [0.5, 0.6) is 0 Å². The second-order valence-electron chi connectivity index (χ2n) is 6.12. The molecule has 0 aliphatic rings. The summed E-state index contributed by atoms with van der Waals surface area (Å²) in [5, 5.41) is 1.18. The SMILES string of the molecule is c1ccc(-c2ccc3c(n2)c2ccccc2n3-c2ccccc2)cc1. The molecule has 0 aliphatic heterocycles. The minimum Gasteiger partial charge on any atom is -0.308 e. The fourth-order valence-electron chi connectivity index (χ4n) is 3.45. The smallest absolute Gasteiger partial charge is 0.0970 e. The number of rotatable bonds is 2. The molecule has 2 heterocycles. The number of nitrogens with zero attached hydrogens (tertiary/aromatic N) is 2. The average molecular weight is 320 g/mol. The maximum absolute atomic E-state index is 5.00. The second kappa shape index (κ2) is 5.60. The molecule has 0 saturated carbocycles. The van der Waals surface area contributed by atoms with Crippen molar-refractivity contribution in [1.29, 1.82) is 0 Å². The van der Waals surface area contributed by atoms with Gasteiger partial charge in [-0.25, -0.2) is 4.98 Å². The lowest BCUT2D eigenvalue weighted by Crippen LogP contribution is -1.93. The van der Waals surface area contributed by atoms with E-state index in [2.05, 4.69) is 89.5 Å². The van der Waals surface area contributed by atoms with Gasteiger partial charge in [-0.15, -0.1) is 0 Å². The van der Waals surface area contributed by atoms with E-state index in [0.29, 0.717) is 0 Å². The lowest BCUT2D eigenvalue weighted by Gasteiger charge is -2.07. The van der Waals surface area contributed by atoms with Crippen LogP contribution < -0.4 is 0 Å². The van der Waals surface area contributed by atoms with E-state index in [1.165, 1.54) is 10.9 Å². The summed E-state index contributed by atoms with van der Waals surface area (Å²) >= 11 is 0. The quantitative estimate of drug-likeness (QED) is 0.399. The van der Waals surface area contributed by atoms with Crippen LogP contribution in [-0.2, 0) is 0 Å². The van der Waals surface area contributed by atoms with E-state index < -0.39 is 0 Å². The van der Waals surface area contributed by atoms with E-state index >= 15 is 0 Å². The van der Waals surface area contributed by atoms with Crippen LogP contribution in [0.15, 0.2) is 97.1 Å². The highest BCUT2D eigenvalue weighted by atomic mass is 15.0. The Morgan fingerprint density at radius 2 is 1.24 bits per heavy atom. The molecule has 3 aromatic carbocycles. The van der Waals surface area contributed by atoms with Crippen molar-refractivity contribution in [3.63, 3.8) is 0 Å². The first kappa shape index (κ1) is 14.0. The van der Waals surface area contributed by atoms with E-state index in [1.54, 1.807) is 0 Å². The van der Waals surface area contributed by atoms with Gasteiger partial charge < -0.3 is 4.57 Å². The van der Waals surface area contributed by atoms with Crippen molar-refractivity contribution in [1.82, 2.24) is 9.55 Å². The molecule has 0 fully saturated rings. The highest BCUT2D eigenvalue weighted by molar-refractivity contribution is 6.07. The highest BCUT2D eigenvalue weighted by Crippen LogP contribution is 2.32. The molecule has 0 atom stereocenters. The monoisotopic (exact) mass is 320 g/mol. The molecule has 2 nitrogen and oxygen atoms in total. The van der Waals surface area contributed by atoms with Gasteiger partial charge in [-0.05, 0) is 30.3 Å². The van der Waals surface area contributed by atoms with E-state index in [9.17, 15) is 0 Å². The van der Waals surface area contributed by atoms with Gasteiger partial charge in [-0.2, -0.15) is 0 Å². The van der Waals surface area contributed by atoms with Crippen LogP contribution in [0.3, 0.4) is 0 Å². The van der Waals surface area contributed by atoms with Crippen LogP contribution in [0.1, 0.15) is 0 Å². The number of hydrogen-bond donors (Lipinski definition) is 0. The minimum atomic E-state index is 1.00. The van der Waals surface area contributed by atoms with Gasteiger partial charge in [0.05, 0.1) is 22.2 Å². The zero-order chi connectivity index (χ0) is 16.6. The number of hydrogen-bond acceptors (Lipinski definition) is 1. The Morgan fingerprint density at radius 3 is 2.04 bits per heavy atom. The molecule has 2 heteroatoms. The lowest BCUT2D eigenvalue weighted by molar-refractivity contribution is 1.18. The molecule has 0 saturated heterocycles. The van der Waals surface area contributed by atoms with Gasteiger partial charge in [0.15, 0.2) is 0 Å². The van der Waals surface area contributed by atoms with Gasteiger partial charge in [0.1, 0.15) is 0 Å². The third kappa shape index (κ3) is 2.23. The minimum absolute atomic E-state index is 1.00. The van der Waals surface area contributed by atoms with Crippen LogP contribution in [0.4, 0.5) is 0 Å². The fraction of sp³-hybridized carbons (Fsp3) is 0. The molecular weight excluding hydrogens is 304 g/mol. The van der Waals surface area contributed by atoms with Crippen molar-refractivity contribution in [3.8, 4) is 16.9 Å². The topological polar surface area (TPSA) is 17.8 Å². The summed E-state index contributed by atoms with van der Waals surface area (Å²) in [5.74, 6) is 0. The van der Waals surface area contributed by atoms with Crippen LogP contribution in [-0.4, -0.2) is 9.55 Å². The zero-order valence-corrected chi connectivity index (χ0v) is 13.6. The lowest BCUT2D eigenvalue weighted by atomic mass is 10.1. The molecule has 0 N–H and O–H groups in total. The van der Waals surface area contributed by atoms with Gasteiger partial charge >= 0.3 is 0 Å². The van der Waals surface area contributed by atoms with Crippen LogP contribution in [0, 0.1) is 0 Å². The Bertz CT molecular complexity index is 1170. The van der Waals surface area contributed by atoms with E-state index in [1.807, 2.05) is 12.1 Å². The van der Waals surface area contributed by atoms with E-state index in [4.69, 9.17) is 4.98 Å². The first-order chi connectivity index (χ1) is 12.4. The summed E-state index contributed by atoms with van der Waals surface area (Å²) in [4.78, 5) is 5.00.